The highest BCUT2D eigenvalue weighted by Crippen LogP contribution is 2.35. The monoisotopic (exact) mass is 290 g/mol. The third kappa shape index (κ3) is 2.58. The normalized spacial score (nSPS) is 12.8. The first-order chi connectivity index (χ1) is 10.1. The van der Waals surface area contributed by atoms with E-state index in [9.17, 15) is 14.5 Å². The second kappa shape index (κ2) is 5.28. The third-order valence-corrected chi connectivity index (χ3v) is 2.99. The lowest BCUT2D eigenvalue weighted by atomic mass is 10.2. The van der Waals surface area contributed by atoms with Crippen LogP contribution < -0.4 is 14.8 Å². The van der Waals surface area contributed by atoms with Crippen LogP contribution in [-0.2, 0) is 0 Å². The average Bonchev–Trinajstić information content (AvgIpc) is 2.47. The Bertz CT molecular complexity index is 705. The van der Waals surface area contributed by atoms with Crippen molar-refractivity contribution in [3.63, 3.8) is 0 Å². The van der Waals surface area contributed by atoms with E-state index in [1.807, 2.05) is 0 Å². The van der Waals surface area contributed by atoms with Crippen molar-refractivity contribution in [2.75, 3.05) is 18.5 Å². The van der Waals surface area contributed by atoms with Crippen molar-refractivity contribution < 1.29 is 18.8 Å². The van der Waals surface area contributed by atoms with Gasteiger partial charge in [0.15, 0.2) is 11.5 Å². The molecule has 2 aromatic rings. The van der Waals surface area contributed by atoms with Crippen LogP contribution in [0.4, 0.5) is 21.5 Å². The molecule has 108 valence electrons. The molecule has 21 heavy (non-hydrogen) atoms. The number of benzene rings is 2. The zero-order valence-corrected chi connectivity index (χ0v) is 10.8. The molecule has 0 unspecified atom stereocenters. The lowest BCUT2D eigenvalue weighted by molar-refractivity contribution is -0.386. The van der Waals surface area contributed by atoms with Gasteiger partial charge in [0.1, 0.15) is 18.9 Å². The van der Waals surface area contributed by atoms with E-state index >= 15 is 0 Å². The largest absolute Gasteiger partial charge is 0.486 e. The predicted octanol–water partition coefficient (Wildman–Crippen LogP) is 3.25. The van der Waals surface area contributed by atoms with E-state index in [2.05, 4.69) is 5.32 Å². The number of nitrogens with zero attached hydrogens (tertiary/aromatic N) is 1. The quantitative estimate of drug-likeness (QED) is 0.693. The van der Waals surface area contributed by atoms with Crippen LogP contribution in [0, 0.1) is 15.9 Å². The van der Waals surface area contributed by atoms with Gasteiger partial charge in [-0.1, -0.05) is 6.07 Å². The van der Waals surface area contributed by atoms with E-state index in [1.165, 1.54) is 12.1 Å². The summed E-state index contributed by atoms with van der Waals surface area (Å²) in [5, 5.41) is 13.8. The van der Waals surface area contributed by atoms with Gasteiger partial charge in [0.2, 0.25) is 5.82 Å². The summed E-state index contributed by atoms with van der Waals surface area (Å²) in [6.07, 6.45) is 0. The molecule has 0 spiro atoms. The van der Waals surface area contributed by atoms with Crippen LogP contribution in [0.3, 0.4) is 0 Å². The Hall–Kier alpha value is -2.83. The summed E-state index contributed by atoms with van der Waals surface area (Å²) in [5.41, 5.74) is 0.0389. The molecule has 0 fully saturated rings. The minimum absolute atomic E-state index is 0.0803. The van der Waals surface area contributed by atoms with Crippen LogP contribution in [0.2, 0.25) is 0 Å². The summed E-state index contributed by atoms with van der Waals surface area (Å²) in [6, 6.07) is 8.93. The highest BCUT2D eigenvalue weighted by molar-refractivity contribution is 5.71. The Morgan fingerprint density at radius 2 is 1.90 bits per heavy atom. The molecular weight excluding hydrogens is 279 g/mol. The molecule has 1 aliphatic rings. The predicted molar refractivity (Wildman–Crippen MR) is 73.8 cm³/mol. The highest BCUT2D eigenvalue weighted by Gasteiger charge is 2.20. The summed E-state index contributed by atoms with van der Waals surface area (Å²) < 4.78 is 24.4. The number of halogens is 1. The van der Waals surface area contributed by atoms with Gasteiger partial charge >= 0.3 is 5.69 Å². The van der Waals surface area contributed by atoms with Crippen molar-refractivity contribution in [1.82, 2.24) is 0 Å². The van der Waals surface area contributed by atoms with Crippen molar-refractivity contribution in [1.29, 1.82) is 0 Å². The first kappa shape index (κ1) is 13.2. The Kier molecular flexibility index (Phi) is 3.31. The maximum atomic E-state index is 13.6. The van der Waals surface area contributed by atoms with E-state index in [0.717, 1.165) is 6.07 Å². The summed E-state index contributed by atoms with van der Waals surface area (Å²) >= 11 is 0. The molecule has 1 N–H and O–H groups in total. The molecule has 6 nitrogen and oxygen atoms in total. The SMILES string of the molecule is O=[N+]([O-])c1c(F)cccc1Nc1ccc2c(c1)OCCO2. The molecule has 0 bridgehead atoms. The zero-order valence-electron chi connectivity index (χ0n) is 10.8. The smallest absolute Gasteiger partial charge is 0.327 e. The van der Waals surface area contributed by atoms with Crippen LogP contribution in [0.5, 0.6) is 11.5 Å². The average molecular weight is 290 g/mol. The summed E-state index contributed by atoms with van der Waals surface area (Å²) in [6.45, 7) is 0.922. The van der Waals surface area contributed by atoms with Gasteiger partial charge in [-0.3, -0.25) is 10.1 Å². The van der Waals surface area contributed by atoms with Crippen LogP contribution in [0.1, 0.15) is 0 Å². The first-order valence-corrected chi connectivity index (χ1v) is 6.25. The second-order valence-corrected chi connectivity index (χ2v) is 4.38. The maximum Gasteiger partial charge on any atom is 0.327 e. The first-order valence-electron chi connectivity index (χ1n) is 6.25. The van der Waals surface area contributed by atoms with Crippen molar-refractivity contribution in [3.8, 4) is 11.5 Å². The van der Waals surface area contributed by atoms with Crippen LogP contribution in [0.25, 0.3) is 0 Å². The molecule has 0 saturated carbocycles. The molecule has 2 aromatic carbocycles. The van der Waals surface area contributed by atoms with Crippen molar-refractivity contribution in [3.05, 3.63) is 52.3 Å². The molecule has 0 amide bonds. The van der Waals surface area contributed by atoms with Gasteiger partial charge in [-0.15, -0.1) is 0 Å². The molecule has 0 saturated heterocycles. The van der Waals surface area contributed by atoms with Crippen molar-refractivity contribution in [2.45, 2.75) is 0 Å². The minimum atomic E-state index is -0.887. The summed E-state index contributed by atoms with van der Waals surface area (Å²) in [5.74, 6) is 0.272. The lowest BCUT2D eigenvalue weighted by Gasteiger charge is -2.19. The maximum absolute atomic E-state index is 13.6. The van der Waals surface area contributed by atoms with E-state index in [-0.39, 0.29) is 5.69 Å². The van der Waals surface area contributed by atoms with Gasteiger partial charge in [0.25, 0.3) is 0 Å². The van der Waals surface area contributed by atoms with Crippen LogP contribution >= 0.6 is 0 Å². The molecule has 3 rings (SSSR count). The molecular formula is C14H11FN2O4. The van der Waals surface area contributed by atoms with Crippen LogP contribution in [-0.4, -0.2) is 18.1 Å². The van der Waals surface area contributed by atoms with E-state index < -0.39 is 16.4 Å². The molecule has 0 radical (unpaired) electrons. The number of anilines is 2. The van der Waals surface area contributed by atoms with Crippen molar-refractivity contribution in [2.24, 2.45) is 0 Å². The Morgan fingerprint density at radius 1 is 1.14 bits per heavy atom. The van der Waals surface area contributed by atoms with Crippen LogP contribution in [0.15, 0.2) is 36.4 Å². The number of para-hydroxylation sites is 1. The van der Waals surface area contributed by atoms with E-state index in [0.29, 0.717) is 30.4 Å². The number of ether oxygens (including phenoxy) is 2. The molecule has 0 aliphatic carbocycles. The lowest BCUT2D eigenvalue weighted by Crippen LogP contribution is -2.15. The van der Waals surface area contributed by atoms with Gasteiger partial charge in [-0.25, -0.2) is 0 Å². The molecule has 0 aromatic heterocycles. The highest BCUT2D eigenvalue weighted by atomic mass is 19.1. The molecule has 0 atom stereocenters. The fourth-order valence-corrected chi connectivity index (χ4v) is 2.08. The fourth-order valence-electron chi connectivity index (χ4n) is 2.08. The standard InChI is InChI=1S/C14H11FN2O4/c15-10-2-1-3-11(14(10)17(18)19)16-9-4-5-12-13(8-9)21-7-6-20-12/h1-5,8,16H,6-7H2. The van der Waals surface area contributed by atoms with Gasteiger partial charge in [-0.05, 0) is 24.3 Å². The van der Waals surface area contributed by atoms with Crippen molar-refractivity contribution >= 4 is 17.1 Å². The topological polar surface area (TPSA) is 73.6 Å². The number of rotatable bonds is 3. The number of hydrogen-bond acceptors (Lipinski definition) is 5. The van der Waals surface area contributed by atoms with Gasteiger partial charge in [-0.2, -0.15) is 4.39 Å². The zero-order chi connectivity index (χ0) is 14.8. The molecule has 1 aliphatic heterocycles. The molecule has 7 heteroatoms. The Morgan fingerprint density at radius 3 is 2.67 bits per heavy atom. The van der Waals surface area contributed by atoms with Gasteiger partial charge in [0, 0.05) is 11.8 Å². The Labute approximate surface area is 119 Å². The fraction of sp³-hybridized carbons (Fsp3) is 0.143. The summed E-state index contributed by atoms with van der Waals surface area (Å²) in [4.78, 5) is 10.2. The number of nitro groups is 1. The number of hydrogen-bond donors (Lipinski definition) is 1. The number of nitrogens with one attached hydrogen (secondary N) is 1. The van der Waals surface area contributed by atoms with Gasteiger partial charge in [0.05, 0.1) is 4.92 Å². The van der Waals surface area contributed by atoms with E-state index in [4.69, 9.17) is 9.47 Å². The number of nitro benzene ring substituents is 1. The molecule has 1 heterocycles. The second-order valence-electron chi connectivity index (χ2n) is 4.38. The summed E-state index contributed by atoms with van der Waals surface area (Å²) in [7, 11) is 0. The van der Waals surface area contributed by atoms with E-state index in [1.54, 1.807) is 18.2 Å². The third-order valence-electron chi connectivity index (χ3n) is 2.99. The minimum Gasteiger partial charge on any atom is -0.486 e. The van der Waals surface area contributed by atoms with Gasteiger partial charge < -0.3 is 14.8 Å². The Balaban J connectivity index is 1.94. The number of fused-ring (bicyclic) bond motifs is 1.